The summed E-state index contributed by atoms with van der Waals surface area (Å²) in [5.41, 5.74) is 0.189. The van der Waals surface area contributed by atoms with Crippen molar-refractivity contribution in [2.24, 2.45) is 0 Å². The predicted molar refractivity (Wildman–Crippen MR) is 157 cm³/mol. The van der Waals surface area contributed by atoms with E-state index >= 15 is 0 Å². The Bertz CT molecular complexity index is 1530. The number of hydrogen-bond acceptors (Lipinski definition) is 12. The summed E-state index contributed by atoms with van der Waals surface area (Å²) in [6.07, 6.45) is -5.02. The molecule has 0 radical (unpaired) electrons. The molecule has 0 unspecified atom stereocenters. The molecule has 3 aliphatic heterocycles. The van der Waals surface area contributed by atoms with Gasteiger partial charge in [-0.15, -0.1) is 0 Å². The third-order valence-corrected chi connectivity index (χ3v) is 8.89. The maximum absolute atomic E-state index is 13.6. The van der Waals surface area contributed by atoms with Crippen molar-refractivity contribution < 1.29 is 44.2 Å². The molecule has 1 amide bonds. The van der Waals surface area contributed by atoms with Crippen molar-refractivity contribution in [3.63, 3.8) is 0 Å². The van der Waals surface area contributed by atoms with E-state index in [1.54, 1.807) is 17.0 Å². The van der Waals surface area contributed by atoms with E-state index < -0.39 is 48.6 Å². The molecule has 44 heavy (non-hydrogen) atoms. The highest BCUT2D eigenvalue weighted by atomic mass is 16.6. The Hall–Kier alpha value is -3.56. The van der Waals surface area contributed by atoms with E-state index in [4.69, 9.17) is 13.9 Å². The third-order valence-electron chi connectivity index (χ3n) is 8.89. The number of phenolic OH excluding ortho intramolecular Hbond substituents is 1. The molecule has 6 N–H and O–H groups in total. The fourth-order valence-electron chi connectivity index (χ4n) is 6.34. The summed E-state index contributed by atoms with van der Waals surface area (Å²) >= 11 is 0. The number of hydrogen-bond donors (Lipinski definition) is 6. The van der Waals surface area contributed by atoms with Gasteiger partial charge in [0.15, 0.2) is 0 Å². The van der Waals surface area contributed by atoms with Crippen LogP contribution in [0.1, 0.15) is 24.5 Å². The van der Waals surface area contributed by atoms with E-state index in [-0.39, 0.29) is 33.6 Å². The molecule has 5 atom stereocenters. The molecule has 2 aromatic carbocycles. The average molecular weight is 612 g/mol. The predicted octanol–water partition coefficient (Wildman–Crippen LogP) is 0.549. The monoisotopic (exact) mass is 611 g/mol. The van der Waals surface area contributed by atoms with Crippen molar-refractivity contribution in [1.29, 1.82) is 0 Å². The smallest absolute Gasteiger partial charge is 0.415 e. The number of fused-ring (bicyclic) bond motifs is 1. The first-order chi connectivity index (χ1) is 21.3. The van der Waals surface area contributed by atoms with Crippen molar-refractivity contribution in [3.8, 4) is 22.6 Å². The number of nitrogens with zero attached hydrogens (tertiary/aromatic N) is 2. The van der Waals surface area contributed by atoms with E-state index in [1.165, 1.54) is 30.5 Å². The highest BCUT2D eigenvalue weighted by Crippen LogP contribution is 2.41. The van der Waals surface area contributed by atoms with Crippen molar-refractivity contribution in [2.45, 2.75) is 49.4 Å². The van der Waals surface area contributed by atoms with Gasteiger partial charge < -0.3 is 49.6 Å². The normalized spacial score (nSPS) is 27.0. The second kappa shape index (κ2) is 12.8. The quantitative estimate of drug-likeness (QED) is 0.236. The molecule has 3 aromatic rings. The van der Waals surface area contributed by atoms with E-state index in [2.05, 4.69) is 10.2 Å². The van der Waals surface area contributed by atoms with Gasteiger partial charge in [0.05, 0.1) is 23.1 Å². The fraction of sp³-hybridized carbons (Fsp3) is 0.484. The molecule has 0 aliphatic carbocycles. The number of carbonyl (C=O) groups excluding carboxylic acids is 1. The maximum Gasteiger partial charge on any atom is 0.415 e. The minimum absolute atomic E-state index is 0.0181. The summed E-state index contributed by atoms with van der Waals surface area (Å²) in [6.45, 7) is 3.59. The highest BCUT2D eigenvalue weighted by Gasteiger charge is 2.46. The summed E-state index contributed by atoms with van der Waals surface area (Å²) in [5, 5.41) is 54.8. The zero-order chi connectivity index (χ0) is 31.0. The number of aliphatic hydroxyl groups is 4. The molecule has 4 heterocycles. The SMILES string of the molecule is O=C(Oc1ccc2c(=O)c(-c3ccc(O)cc3)coc2c1[C@@H]1O[C@H](CO)[C@@H](O)[C@H](O)[C@H]1O)N1CCN(C2CCNCC2)CC1. The lowest BCUT2D eigenvalue weighted by atomic mass is 9.89. The Morgan fingerprint density at radius 1 is 0.955 bits per heavy atom. The van der Waals surface area contributed by atoms with Crippen LogP contribution in [-0.4, -0.2) is 118 Å². The van der Waals surface area contributed by atoms with Crippen LogP contribution in [0, 0.1) is 0 Å². The number of ether oxygens (including phenoxy) is 2. The van der Waals surface area contributed by atoms with E-state index in [9.17, 15) is 35.1 Å². The molecule has 6 rings (SSSR count). The first-order valence-corrected chi connectivity index (χ1v) is 14.9. The van der Waals surface area contributed by atoms with Gasteiger partial charge in [-0.3, -0.25) is 9.69 Å². The maximum atomic E-state index is 13.6. The first-order valence-electron chi connectivity index (χ1n) is 14.9. The summed E-state index contributed by atoms with van der Waals surface area (Å²) in [5.74, 6) is -0.0314. The number of rotatable bonds is 5. The molecule has 13 heteroatoms. The number of benzene rings is 2. The minimum atomic E-state index is -1.72. The van der Waals surface area contributed by atoms with Crippen molar-refractivity contribution >= 4 is 17.1 Å². The van der Waals surface area contributed by atoms with Crippen LogP contribution in [0.3, 0.4) is 0 Å². The second-order valence-electron chi connectivity index (χ2n) is 11.5. The molecule has 13 nitrogen and oxygen atoms in total. The van der Waals surface area contributed by atoms with Crippen LogP contribution < -0.4 is 15.5 Å². The Morgan fingerprint density at radius 3 is 2.34 bits per heavy atom. The topological polar surface area (TPSA) is 185 Å². The number of piperidine rings is 1. The molecule has 1 aromatic heterocycles. The number of piperazine rings is 1. The van der Waals surface area contributed by atoms with E-state index in [1.807, 2.05) is 0 Å². The minimum Gasteiger partial charge on any atom is -0.508 e. The number of amides is 1. The van der Waals surface area contributed by atoms with Crippen LogP contribution in [0.2, 0.25) is 0 Å². The van der Waals surface area contributed by atoms with Gasteiger partial charge in [-0.2, -0.15) is 0 Å². The lowest BCUT2D eigenvalue weighted by Crippen LogP contribution is -2.55. The van der Waals surface area contributed by atoms with Crippen LogP contribution in [0.15, 0.2) is 51.9 Å². The van der Waals surface area contributed by atoms with Gasteiger partial charge in [-0.1, -0.05) is 12.1 Å². The molecule has 0 saturated carbocycles. The Morgan fingerprint density at radius 2 is 1.66 bits per heavy atom. The highest BCUT2D eigenvalue weighted by molar-refractivity contribution is 5.87. The molecular weight excluding hydrogens is 574 g/mol. The van der Waals surface area contributed by atoms with E-state index in [0.717, 1.165) is 25.9 Å². The van der Waals surface area contributed by atoms with Gasteiger partial charge in [0.25, 0.3) is 0 Å². The molecule has 3 saturated heterocycles. The van der Waals surface area contributed by atoms with E-state index in [0.29, 0.717) is 37.8 Å². The number of carbonyl (C=O) groups is 1. The first kappa shape index (κ1) is 30.5. The molecule has 236 valence electrons. The lowest BCUT2D eigenvalue weighted by molar-refractivity contribution is -0.231. The van der Waals surface area contributed by atoms with Crippen molar-refractivity contribution in [2.75, 3.05) is 45.9 Å². The number of aliphatic hydroxyl groups excluding tert-OH is 4. The number of phenols is 1. The van der Waals surface area contributed by atoms with Gasteiger partial charge in [-0.05, 0) is 55.8 Å². The van der Waals surface area contributed by atoms with Crippen LogP contribution in [-0.2, 0) is 4.74 Å². The molecule has 0 spiro atoms. The fourth-order valence-corrected chi connectivity index (χ4v) is 6.34. The standard InChI is InChI=1S/C31H37N3O10/c35-15-23-26(38)27(39)28(40)30(43-23)24-22(44-31(41)34-13-11-33(12-14-34)18-7-9-32-10-8-18)6-5-20-25(37)21(16-42-29(20)24)17-1-3-19(36)4-2-17/h1-6,16,18,23,26-28,30,32,35-36,38-40H,7-15H2/t23-,26-,27+,28-,30+/m1/s1. The molecule has 3 aliphatic rings. The summed E-state index contributed by atoms with van der Waals surface area (Å²) in [6, 6.07) is 9.32. The van der Waals surface area contributed by atoms with Gasteiger partial charge in [0, 0.05) is 32.2 Å². The molecular formula is C31H37N3O10. The average Bonchev–Trinajstić information content (AvgIpc) is 3.05. The van der Waals surface area contributed by atoms with Crippen LogP contribution in [0.5, 0.6) is 11.5 Å². The number of aromatic hydroxyl groups is 1. The Balaban J connectivity index is 1.34. The van der Waals surface area contributed by atoms with Crippen molar-refractivity contribution in [3.05, 3.63) is 58.4 Å². The summed E-state index contributed by atoms with van der Waals surface area (Å²) in [4.78, 5) is 31.0. The number of nitrogens with one attached hydrogen (secondary N) is 1. The van der Waals surface area contributed by atoms with Crippen molar-refractivity contribution in [1.82, 2.24) is 15.1 Å². The summed E-state index contributed by atoms with van der Waals surface area (Å²) < 4.78 is 17.6. The third kappa shape index (κ3) is 5.79. The molecule has 0 bridgehead atoms. The Labute approximate surface area is 252 Å². The lowest BCUT2D eigenvalue weighted by Gasteiger charge is -2.41. The summed E-state index contributed by atoms with van der Waals surface area (Å²) in [7, 11) is 0. The van der Waals surface area contributed by atoms with Crippen LogP contribution in [0.25, 0.3) is 22.1 Å². The largest absolute Gasteiger partial charge is 0.508 e. The zero-order valence-electron chi connectivity index (χ0n) is 24.0. The Kier molecular flexibility index (Phi) is 8.87. The zero-order valence-corrected chi connectivity index (χ0v) is 24.0. The van der Waals surface area contributed by atoms with Gasteiger partial charge >= 0.3 is 6.09 Å². The van der Waals surface area contributed by atoms with Crippen LogP contribution in [0.4, 0.5) is 4.79 Å². The molecule has 3 fully saturated rings. The van der Waals surface area contributed by atoms with Gasteiger partial charge in [0.2, 0.25) is 5.43 Å². The van der Waals surface area contributed by atoms with Crippen LogP contribution >= 0.6 is 0 Å². The van der Waals surface area contributed by atoms with Gasteiger partial charge in [-0.25, -0.2) is 4.79 Å². The van der Waals surface area contributed by atoms with Gasteiger partial charge in [0.1, 0.15) is 53.9 Å². The second-order valence-corrected chi connectivity index (χ2v) is 11.5.